The lowest BCUT2D eigenvalue weighted by Crippen LogP contribution is -2.21. The van der Waals surface area contributed by atoms with Crippen molar-refractivity contribution in [3.05, 3.63) is 18.2 Å². The number of amides is 1. The fourth-order valence-electron chi connectivity index (χ4n) is 1.22. The fraction of sp³-hybridized carbons (Fsp3) is 0.417. The number of hydrogen-bond donors (Lipinski definition) is 1. The summed E-state index contributed by atoms with van der Waals surface area (Å²) >= 11 is 5.62. The van der Waals surface area contributed by atoms with Crippen LogP contribution in [0.4, 0.5) is 5.69 Å². The van der Waals surface area contributed by atoms with Gasteiger partial charge in [0.1, 0.15) is 11.5 Å². The first-order valence-electron chi connectivity index (χ1n) is 5.20. The Balaban J connectivity index is 2.86. The van der Waals surface area contributed by atoms with Crippen LogP contribution < -0.4 is 14.8 Å². The van der Waals surface area contributed by atoms with E-state index in [0.717, 1.165) is 0 Å². The Bertz CT molecular complexity index is 373. The molecule has 0 bridgehead atoms. The van der Waals surface area contributed by atoms with Gasteiger partial charge in [0.05, 0.1) is 14.2 Å². The minimum atomic E-state index is -0.242. The first-order valence-corrected chi connectivity index (χ1v) is 5.74. The molecule has 94 valence electrons. The zero-order valence-electron chi connectivity index (χ0n) is 10.1. The number of hydrogen-bond acceptors (Lipinski definition) is 3. The molecule has 1 amide bonds. The lowest BCUT2D eigenvalue weighted by Gasteiger charge is -2.12. The second-order valence-electron chi connectivity index (χ2n) is 3.65. The molecule has 1 aromatic carbocycles. The highest BCUT2D eigenvalue weighted by Crippen LogP contribution is 2.26. The van der Waals surface area contributed by atoms with Crippen LogP contribution in [0.5, 0.6) is 11.5 Å². The first-order chi connectivity index (χ1) is 8.10. The maximum atomic E-state index is 11.7. The summed E-state index contributed by atoms with van der Waals surface area (Å²) < 4.78 is 10.2. The highest BCUT2D eigenvalue weighted by Gasteiger charge is 2.12. The predicted molar refractivity (Wildman–Crippen MR) is 68.1 cm³/mol. The van der Waals surface area contributed by atoms with E-state index in [1.807, 2.05) is 0 Å². The van der Waals surface area contributed by atoms with Crippen LogP contribution in [0, 0.1) is 5.92 Å². The molecule has 5 heteroatoms. The van der Waals surface area contributed by atoms with Crippen molar-refractivity contribution < 1.29 is 14.3 Å². The van der Waals surface area contributed by atoms with Crippen molar-refractivity contribution >= 4 is 23.2 Å². The van der Waals surface area contributed by atoms with Crippen LogP contribution in [0.25, 0.3) is 0 Å². The van der Waals surface area contributed by atoms with Crippen LogP contribution in [0.3, 0.4) is 0 Å². The molecular formula is C12H16ClNO3. The molecule has 1 N–H and O–H groups in total. The Hall–Kier alpha value is -1.42. The molecule has 0 radical (unpaired) electrons. The van der Waals surface area contributed by atoms with Crippen LogP contribution in [-0.2, 0) is 4.79 Å². The molecule has 0 aliphatic rings. The molecule has 0 aromatic heterocycles. The normalized spacial score (nSPS) is 11.8. The standard InChI is InChI=1S/C12H16ClNO3/c1-8(7-13)12(15)14-9-4-10(16-2)6-11(5-9)17-3/h4-6,8H,7H2,1-3H3,(H,14,15). The number of carbonyl (C=O) groups is 1. The number of rotatable bonds is 5. The highest BCUT2D eigenvalue weighted by molar-refractivity contribution is 6.19. The largest absolute Gasteiger partial charge is 0.497 e. The number of methoxy groups -OCH3 is 2. The molecule has 0 aliphatic carbocycles. The summed E-state index contributed by atoms with van der Waals surface area (Å²) in [6, 6.07) is 5.18. The second kappa shape index (κ2) is 6.35. The van der Waals surface area contributed by atoms with Crippen molar-refractivity contribution in [2.24, 2.45) is 5.92 Å². The molecule has 0 heterocycles. The Morgan fingerprint density at radius 2 is 1.82 bits per heavy atom. The average Bonchev–Trinajstić information content (AvgIpc) is 2.36. The smallest absolute Gasteiger partial charge is 0.228 e. The van der Waals surface area contributed by atoms with Crippen LogP contribution in [-0.4, -0.2) is 26.0 Å². The molecule has 0 spiro atoms. The number of carbonyl (C=O) groups excluding carboxylic acids is 1. The fourth-order valence-corrected chi connectivity index (χ4v) is 1.36. The monoisotopic (exact) mass is 257 g/mol. The van der Waals surface area contributed by atoms with Crippen LogP contribution in [0.15, 0.2) is 18.2 Å². The molecule has 1 atom stereocenters. The van der Waals surface area contributed by atoms with Gasteiger partial charge < -0.3 is 14.8 Å². The van der Waals surface area contributed by atoms with Gasteiger partial charge in [-0.25, -0.2) is 0 Å². The number of anilines is 1. The van der Waals surface area contributed by atoms with E-state index in [1.165, 1.54) is 0 Å². The predicted octanol–water partition coefficient (Wildman–Crippen LogP) is 2.52. The van der Waals surface area contributed by atoms with E-state index in [0.29, 0.717) is 17.2 Å². The lowest BCUT2D eigenvalue weighted by molar-refractivity contribution is -0.118. The highest BCUT2D eigenvalue weighted by atomic mass is 35.5. The third-order valence-corrected chi connectivity index (χ3v) is 2.76. The zero-order chi connectivity index (χ0) is 12.8. The number of benzene rings is 1. The van der Waals surface area contributed by atoms with E-state index in [4.69, 9.17) is 21.1 Å². The van der Waals surface area contributed by atoms with Gasteiger partial charge in [0.15, 0.2) is 0 Å². The number of ether oxygens (including phenoxy) is 2. The van der Waals surface area contributed by atoms with E-state index in [2.05, 4.69) is 5.32 Å². The van der Waals surface area contributed by atoms with Crippen LogP contribution >= 0.6 is 11.6 Å². The quantitative estimate of drug-likeness (QED) is 0.825. The topological polar surface area (TPSA) is 47.6 Å². The van der Waals surface area contributed by atoms with Gasteiger partial charge in [-0.15, -0.1) is 11.6 Å². The molecule has 1 rings (SSSR count). The van der Waals surface area contributed by atoms with E-state index in [9.17, 15) is 4.79 Å². The molecule has 4 nitrogen and oxygen atoms in total. The summed E-state index contributed by atoms with van der Waals surface area (Å²) in [5.41, 5.74) is 0.628. The SMILES string of the molecule is COc1cc(NC(=O)C(C)CCl)cc(OC)c1. The van der Waals surface area contributed by atoms with Crippen molar-refractivity contribution in [2.45, 2.75) is 6.92 Å². The molecule has 0 saturated carbocycles. The molecule has 17 heavy (non-hydrogen) atoms. The van der Waals surface area contributed by atoms with Crippen molar-refractivity contribution in [2.75, 3.05) is 25.4 Å². The summed E-state index contributed by atoms with van der Waals surface area (Å²) in [6.07, 6.45) is 0. The van der Waals surface area contributed by atoms with Gasteiger partial charge in [0.2, 0.25) is 5.91 Å². The van der Waals surface area contributed by atoms with Crippen molar-refractivity contribution in [1.29, 1.82) is 0 Å². The molecule has 0 aliphatic heterocycles. The summed E-state index contributed by atoms with van der Waals surface area (Å²) in [5.74, 6) is 1.16. The third-order valence-electron chi connectivity index (χ3n) is 2.30. The minimum absolute atomic E-state index is 0.129. The number of nitrogens with one attached hydrogen (secondary N) is 1. The molecule has 1 aromatic rings. The minimum Gasteiger partial charge on any atom is -0.497 e. The summed E-state index contributed by atoms with van der Waals surface area (Å²) in [7, 11) is 3.11. The van der Waals surface area contributed by atoms with Gasteiger partial charge in [-0.3, -0.25) is 4.79 Å². The molecule has 1 unspecified atom stereocenters. The van der Waals surface area contributed by atoms with Gasteiger partial charge in [0.25, 0.3) is 0 Å². The summed E-state index contributed by atoms with van der Waals surface area (Å²) in [6.45, 7) is 1.76. The van der Waals surface area contributed by atoms with E-state index < -0.39 is 0 Å². The second-order valence-corrected chi connectivity index (χ2v) is 3.95. The first kappa shape index (κ1) is 13.6. The Morgan fingerprint density at radius 3 is 2.24 bits per heavy atom. The van der Waals surface area contributed by atoms with Crippen molar-refractivity contribution in [3.8, 4) is 11.5 Å². The number of halogens is 1. The van der Waals surface area contributed by atoms with Crippen LogP contribution in [0.1, 0.15) is 6.92 Å². The Labute approximate surface area is 106 Å². The van der Waals surface area contributed by atoms with Crippen molar-refractivity contribution in [3.63, 3.8) is 0 Å². The van der Waals surface area contributed by atoms with Gasteiger partial charge in [0, 0.05) is 35.7 Å². The van der Waals surface area contributed by atoms with Gasteiger partial charge in [-0.05, 0) is 0 Å². The Kier molecular flexibility index (Phi) is 5.10. The molecule has 0 fully saturated rings. The lowest BCUT2D eigenvalue weighted by atomic mass is 10.2. The Morgan fingerprint density at radius 1 is 1.29 bits per heavy atom. The maximum Gasteiger partial charge on any atom is 0.228 e. The molecule has 0 saturated heterocycles. The maximum absolute atomic E-state index is 11.7. The third kappa shape index (κ3) is 3.82. The van der Waals surface area contributed by atoms with Gasteiger partial charge >= 0.3 is 0 Å². The summed E-state index contributed by atoms with van der Waals surface area (Å²) in [5, 5.41) is 2.76. The van der Waals surface area contributed by atoms with Crippen molar-refractivity contribution in [1.82, 2.24) is 0 Å². The van der Waals surface area contributed by atoms with E-state index >= 15 is 0 Å². The summed E-state index contributed by atoms with van der Waals surface area (Å²) in [4.78, 5) is 11.7. The van der Waals surface area contributed by atoms with Gasteiger partial charge in [-0.2, -0.15) is 0 Å². The van der Waals surface area contributed by atoms with Crippen LogP contribution in [0.2, 0.25) is 0 Å². The number of alkyl halides is 1. The average molecular weight is 258 g/mol. The van der Waals surface area contributed by atoms with Gasteiger partial charge in [-0.1, -0.05) is 6.92 Å². The van der Waals surface area contributed by atoms with E-state index in [-0.39, 0.29) is 17.7 Å². The zero-order valence-corrected chi connectivity index (χ0v) is 10.9. The van der Waals surface area contributed by atoms with E-state index in [1.54, 1.807) is 39.3 Å². The molecular weight excluding hydrogens is 242 g/mol.